The molecule has 0 aromatic carbocycles. The second-order valence-electron chi connectivity index (χ2n) is 7.88. The van der Waals surface area contributed by atoms with Gasteiger partial charge in [0.05, 0.1) is 5.60 Å². The maximum Gasteiger partial charge on any atom is 0.0681 e. The SMILES string of the molecule is CC1(C)CC23CCC1C2(C)CCCC3(C)O. The molecule has 16 heavy (non-hydrogen) atoms. The van der Waals surface area contributed by atoms with E-state index in [1.807, 2.05) is 0 Å². The Hall–Kier alpha value is -0.0400. The lowest BCUT2D eigenvalue weighted by Crippen LogP contribution is -2.54. The van der Waals surface area contributed by atoms with Gasteiger partial charge in [0.2, 0.25) is 0 Å². The lowest BCUT2D eigenvalue weighted by molar-refractivity contribution is -0.149. The first-order chi connectivity index (χ1) is 7.25. The minimum absolute atomic E-state index is 0.229. The van der Waals surface area contributed by atoms with E-state index in [4.69, 9.17) is 0 Å². The summed E-state index contributed by atoms with van der Waals surface area (Å²) in [5.41, 5.74) is 0.675. The Morgan fingerprint density at radius 3 is 2.25 bits per heavy atom. The molecule has 0 heterocycles. The first-order valence-electron chi connectivity index (χ1n) is 6.98. The van der Waals surface area contributed by atoms with Crippen molar-refractivity contribution in [3.05, 3.63) is 0 Å². The fraction of sp³-hybridized carbons (Fsp3) is 1.00. The maximum atomic E-state index is 10.9. The fourth-order valence-electron chi connectivity index (χ4n) is 6.30. The maximum absolute atomic E-state index is 10.9. The van der Waals surface area contributed by atoms with E-state index >= 15 is 0 Å². The molecule has 0 spiro atoms. The van der Waals surface area contributed by atoms with E-state index in [1.165, 1.54) is 32.1 Å². The molecule has 1 nitrogen and oxygen atoms in total. The third-order valence-electron chi connectivity index (χ3n) is 6.81. The fourth-order valence-corrected chi connectivity index (χ4v) is 6.30. The van der Waals surface area contributed by atoms with Crippen molar-refractivity contribution in [1.29, 1.82) is 0 Å². The summed E-state index contributed by atoms with van der Waals surface area (Å²) >= 11 is 0. The highest BCUT2D eigenvalue weighted by Gasteiger charge is 2.73. The van der Waals surface area contributed by atoms with Crippen molar-refractivity contribution < 1.29 is 5.11 Å². The minimum Gasteiger partial charge on any atom is -0.390 e. The predicted molar refractivity (Wildman–Crippen MR) is 66.1 cm³/mol. The van der Waals surface area contributed by atoms with Gasteiger partial charge in [0.25, 0.3) is 0 Å². The van der Waals surface area contributed by atoms with Gasteiger partial charge in [-0.1, -0.05) is 27.2 Å². The molecule has 0 radical (unpaired) electrons. The van der Waals surface area contributed by atoms with Gasteiger partial charge in [0, 0.05) is 5.41 Å². The van der Waals surface area contributed by atoms with Crippen LogP contribution in [-0.2, 0) is 0 Å². The van der Waals surface area contributed by atoms with Crippen molar-refractivity contribution >= 4 is 0 Å². The summed E-state index contributed by atoms with van der Waals surface area (Å²) in [5.74, 6) is 0.840. The molecule has 0 aromatic rings. The average Bonchev–Trinajstić information content (AvgIpc) is 2.49. The van der Waals surface area contributed by atoms with Crippen LogP contribution in [0.1, 0.15) is 66.2 Å². The van der Waals surface area contributed by atoms with E-state index < -0.39 is 5.60 Å². The Balaban J connectivity index is 2.15. The number of rotatable bonds is 0. The summed E-state index contributed by atoms with van der Waals surface area (Å²) in [6.07, 6.45) is 7.44. The van der Waals surface area contributed by atoms with Crippen molar-refractivity contribution in [2.45, 2.75) is 71.8 Å². The second-order valence-corrected chi connectivity index (χ2v) is 7.88. The predicted octanol–water partition coefficient (Wildman–Crippen LogP) is 3.75. The molecule has 3 fully saturated rings. The number of hydrogen-bond acceptors (Lipinski definition) is 1. The Bertz CT molecular complexity index is 330. The molecule has 3 saturated carbocycles. The highest BCUT2D eigenvalue weighted by Crippen LogP contribution is 2.78. The van der Waals surface area contributed by atoms with Crippen LogP contribution in [0.5, 0.6) is 0 Å². The van der Waals surface area contributed by atoms with Crippen LogP contribution in [0.2, 0.25) is 0 Å². The second kappa shape index (κ2) is 2.68. The molecule has 3 rings (SSSR count). The van der Waals surface area contributed by atoms with Gasteiger partial charge in [0.1, 0.15) is 0 Å². The molecule has 0 aliphatic heterocycles. The van der Waals surface area contributed by atoms with Crippen LogP contribution in [0.3, 0.4) is 0 Å². The van der Waals surface area contributed by atoms with E-state index in [9.17, 15) is 5.11 Å². The lowest BCUT2D eigenvalue weighted by Gasteiger charge is -2.54. The van der Waals surface area contributed by atoms with Gasteiger partial charge in [-0.15, -0.1) is 0 Å². The number of aliphatic hydroxyl groups is 1. The third kappa shape index (κ3) is 0.939. The van der Waals surface area contributed by atoms with Gasteiger partial charge >= 0.3 is 0 Å². The zero-order valence-corrected chi connectivity index (χ0v) is 11.3. The van der Waals surface area contributed by atoms with Crippen molar-refractivity contribution in [2.75, 3.05) is 0 Å². The molecule has 4 unspecified atom stereocenters. The normalized spacial score (nSPS) is 58.7. The smallest absolute Gasteiger partial charge is 0.0681 e. The van der Waals surface area contributed by atoms with Gasteiger partial charge < -0.3 is 5.11 Å². The molecule has 3 aliphatic carbocycles. The summed E-state index contributed by atoms with van der Waals surface area (Å²) < 4.78 is 0. The molecule has 1 heteroatoms. The Morgan fingerprint density at radius 2 is 1.69 bits per heavy atom. The average molecular weight is 222 g/mol. The molecule has 3 aliphatic rings. The van der Waals surface area contributed by atoms with E-state index in [2.05, 4.69) is 27.7 Å². The van der Waals surface area contributed by atoms with Gasteiger partial charge in [-0.3, -0.25) is 0 Å². The zero-order valence-electron chi connectivity index (χ0n) is 11.3. The molecule has 0 aromatic heterocycles. The highest BCUT2D eigenvalue weighted by molar-refractivity contribution is 5.22. The van der Waals surface area contributed by atoms with Crippen LogP contribution >= 0.6 is 0 Å². The highest BCUT2D eigenvalue weighted by atomic mass is 16.3. The van der Waals surface area contributed by atoms with E-state index in [0.717, 1.165) is 12.3 Å². The Kier molecular flexibility index (Phi) is 1.86. The minimum atomic E-state index is -0.414. The Morgan fingerprint density at radius 1 is 1.00 bits per heavy atom. The van der Waals surface area contributed by atoms with E-state index in [1.54, 1.807) is 0 Å². The summed E-state index contributed by atoms with van der Waals surface area (Å²) in [6, 6.07) is 0. The lowest BCUT2D eigenvalue weighted by atomic mass is 9.53. The first-order valence-corrected chi connectivity index (χ1v) is 6.98. The molecule has 92 valence electrons. The Labute approximate surface area is 99.6 Å². The largest absolute Gasteiger partial charge is 0.390 e. The van der Waals surface area contributed by atoms with Gasteiger partial charge in [0.15, 0.2) is 0 Å². The molecule has 2 bridgehead atoms. The van der Waals surface area contributed by atoms with Gasteiger partial charge in [-0.25, -0.2) is 0 Å². The van der Waals surface area contributed by atoms with Crippen LogP contribution in [0.15, 0.2) is 0 Å². The van der Waals surface area contributed by atoms with Crippen molar-refractivity contribution in [1.82, 2.24) is 0 Å². The number of hydrogen-bond donors (Lipinski definition) is 1. The molecule has 0 saturated heterocycles. The van der Waals surface area contributed by atoms with Crippen LogP contribution < -0.4 is 0 Å². The monoisotopic (exact) mass is 222 g/mol. The topological polar surface area (TPSA) is 20.2 Å². The van der Waals surface area contributed by atoms with Gasteiger partial charge in [-0.2, -0.15) is 0 Å². The zero-order chi connectivity index (χ0) is 11.8. The molecule has 4 atom stereocenters. The van der Waals surface area contributed by atoms with Crippen molar-refractivity contribution in [3.8, 4) is 0 Å². The molecule has 0 amide bonds. The third-order valence-corrected chi connectivity index (χ3v) is 6.81. The van der Waals surface area contributed by atoms with E-state index in [-0.39, 0.29) is 5.41 Å². The van der Waals surface area contributed by atoms with Crippen LogP contribution in [0.25, 0.3) is 0 Å². The summed E-state index contributed by atoms with van der Waals surface area (Å²) in [7, 11) is 0. The van der Waals surface area contributed by atoms with Gasteiger partial charge in [-0.05, 0) is 55.8 Å². The molecular formula is C15H26O. The van der Waals surface area contributed by atoms with Crippen LogP contribution in [0, 0.1) is 22.2 Å². The van der Waals surface area contributed by atoms with Crippen molar-refractivity contribution in [2.24, 2.45) is 22.2 Å². The quantitative estimate of drug-likeness (QED) is 0.662. The summed E-state index contributed by atoms with van der Waals surface area (Å²) in [4.78, 5) is 0. The van der Waals surface area contributed by atoms with E-state index in [0.29, 0.717) is 10.8 Å². The summed E-state index contributed by atoms with van der Waals surface area (Å²) in [6.45, 7) is 9.46. The standard InChI is InChI=1S/C15H26O/c1-12(2)10-15-9-6-11(12)13(15,3)7-5-8-14(15,4)16/h11,16H,5-10H2,1-4H3. The van der Waals surface area contributed by atoms with Crippen molar-refractivity contribution in [3.63, 3.8) is 0 Å². The molecular weight excluding hydrogens is 196 g/mol. The van der Waals surface area contributed by atoms with Crippen LogP contribution in [0.4, 0.5) is 0 Å². The molecule has 1 N–H and O–H groups in total. The van der Waals surface area contributed by atoms with Crippen LogP contribution in [-0.4, -0.2) is 10.7 Å². The first kappa shape index (κ1) is 11.1. The summed E-state index contributed by atoms with van der Waals surface area (Å²) in [5, 5.41) is 10.9.